The van der Waals surface area contributed by atoms with Gasteiger partial charge in [0.1, 0.15) is 5.82 Å². The highest BCUT2D eigenvalue weighted by Gasteiger charge is 2.05. The number of hydrogen-bond acceptors (Lipinski definition) is 3. The third-order valence-electron chi connectivity index (χ3n) is 2.65. The molecule has 0 bridgehead atoms. The average Bonchev–Trinajstić information content (AvgIpc) is 2.46. The predicted molar refractivity (Wildman–Crippen MR) is 83.5 cm³/mol. The topological polar surface area (TPSA) is 43.4 Å². The Balaban J connectivity index is 2.48. The fourth-order valence-electron chi connectivity index (χ4n) is 1.54. The van der Waals surface area contributed by atoms with E-state index >= 15 is 0 Å². The molecule has 0 amide bonds. The molecule has 1 aromatic carbocycles. The smallest absolute Gasteiger partial charge is 0.380 e. The molecule has 3 nitrogen and oxygen atoms in total. The van der Waals surface area contributed by atoms with E-state index in [0.29, 0.717) is 6.42 Å². The first-order chi connectivity index (χ1) is 10.5. The third kappa shape index (κ3) is 7.05. The van der Waals surface area contributed by atoms with Crippen molar-refractivity contribution in [1.82, 2.24) is 0 Å². The number of hydrogen-bond donors (Lipinski definition) is 0. The fourth-order valence-corrected chi connectivity index (χ4v) is 1.70. The van der Waals surface area contributed by atoms with Crippen LogP contribution in [0.4, 0.5) is 4.39 Å². The molecule has 0 unspecified atom stereocenters. The maximum absolute atomic E-state index is 13.5. The summed E-state index contributed by atoms with van der Waals surface area (Å²) in [7, 11) is 0. The molecule has 0 saturated carbocycles. The minimum absolute atomic E-state index is 0.166. The van der Waals surface area contributed by atoms with Crippen LogP contribution in [-0.4, -0.2) is 11.9 Å². The summed E-state index contributed by atoms with van der Waals surface area (Å²) in [4.78, 5) is 22.7. The van der Waals surface area contributed by atoms with Crippen LogP contribution in [0.5, 0.6) is 0 Å². The first-order valence-corrected chi connectivity index (χ1v) is 7.28. The second kappa shape index (κ2) is 9.75. The summed E-state index contributed by atoms with van der Waals surface area (Å²) in [5.41, 5.74) is 0.166. The Morgan fingerprint density at radius 2 is 2.14 bits per heavy atom. The summed E-state index contributed by atoms with van der Waals surface area (Å²) in [6.07, 6.45) is 5.76. The summed E-state index contributed by atoms with van der Waals surface area (Å²) in [5, 5.41) is 0.255. The molecule has 0 saturated heterocycles. The molecule has 0 aromatic heterocycles. The molecule has 0 radical (unpaired) electrons. The number of benzene rings is 1. The summed E-state index contributed by atoms with van der Waals surface area (Å²) < 4.78 is 17.9. The maximum Gasteiger partial charge on any atom is 0.392 e. The summed E-state index contributed by atoms with van der Waals surface area (Å²) in [6.45, 7) is 2.07. The lowest BCUT2D eigenvalue weighted by Gasteiger charge is -1.97. The largest absolute Gasteiger partial charge is 0.392 e. The molecule has 0 N–H and O–H groups in total. The Bertz CT molecular complexity index is 627. The molecule has 1 aromatic rings. The van der Waals surface area contributed by atoms with Gasteiger partial charge in [0.05, 0.1) is 0 Å². The number of rotatable bonds is 5. The lowest BCUT2D eigenvalue weighted by atomic mass is 10.2. The Hall–Kier alpha value is -2.12. The highest BCUT2D eigenvalue weighted by molar-refractivity contribution is 6.30. The Morgan fingerprint density at radius 3 is 2.82 bits per heavy atom. The number of ether oxygens (including phenoxy) is 1. The van der Waals surface area contributed by atoms with Gasteiger partial charge in [0, 0.05) is 29.0 Å². The second-order valence-corrected chi connectivity index (χ2v) is 4.90. The van der Waals surface area contributed by atoms with Gasteiger partial charge in [0.15, 0.2) is 0 Å². The van der Waals surface area contributed by atoms with Gasteiger partial charge in [-0.1, -0.05) is 43.4 Å². The van der Waals surface area contributed by atoms with Crippen LogP contribution >= 0.6 is 11.6 Å². The van der Waals surface area contributed by atoms with Crippen molar-refractivity contribution in [2.45, 2.75) is 32.6 Å². The van der Waals surface area contributed by atoms with E-state index in [1.165, 1.54) is 18.2 Å². The van der Waals surface area contributed by atoms with E-state index in [9.17, 15) is 14.0 Å². The van der Waals surface area contributed by atoms with Crippen molar-refractivity contribution in [1.29, 1.82) is 0 Å². The van der Waals surface area contributed by atoms with Crippen LogP contribution < -0.4 is 0 Å². The molecule has 116 valence electrons. The zero-order chi connectivity index (χ0) is 16.4. The summed E-state index contributed by atoms with van der Waals surface area (Å²) >= 11 is 5.61. The van der Waals surface area contributed by atoms with E-state index in [-0.39, 0.29) is 10.6 Å². The van der Waals surface area contributed by atoms with Crippen LogP contribution in [0.2, 0.25) is 5.02 Å². The van der Waals surface area contributed by atoms with Crippen LogP contribution in [0.25, 0.3) is 6.08 Å². The molecule has 1 rings (SSSR count). The van der Waals surface area contributed by atoms with Gasteiger partial charge < -0.3 is 4.74 Å². The minimum Gasteiger partial charge on any atom is -0.380 e. The lowest BCUT2D eigenvalue weighted by molar-refractivity contribution is -0.151. The molecular formula is C17H16ClFO3. The van der Waals surface area contributed by atoms with E-state index in [4.69, 9.17) is 11.6 Å². The molecule has 0 heterocycles. The highest BCUT2D eigenvalue weighted by atomic mass is 35.5. The molecule has 0 atom stereocenters. The number of halogens is 2. The molecule has 5 heteroatoms. The van der Waals surface area contributed by atoms with Gasteiger partial charge in [-0.3, -0.25) is 0 Å². The molecule has 0 spiro atoms. The first-order valence-electron chi connectivity index (χ1n) is 6.90. The molecule has 0 aliphatic carbocycles. The molecule has 22 heavy (non-hydrogen) atoms. The fraction of sp³-hybridized carbons (Fsp3) is 0.294. The van der Waals surface area contributed by atoms with E-state index in [1.807, 2.05) is 0 Å². The van der Waals surface area contributed by atoms with Crippen molar-refractivity contribution in [3.05, 3.63) is 40.7 Å². The quantitative estimate of drug-likeness (QED) is 0.204. The van der Waals surface area contributed by atoms with Gasteiger partial charge in [-0.15, -0.1) is 0 Å². The zero-order valence-corrected chi connectivity index (χ0v) is 13.0. The predicted octanol–water partition coefficient (Wildman–Crippen LogP) is 4.15. The van der Waals surface area contributed by atoms with Crippen molar-refractivity contribution < 1.29 is 18.7 Å². The van der Waals surface area contributed by atoms with Gasteiger partial charge in [-0.2, -0.15) is 0 Å². The second-order valence-electron chi connectivity index (χ2n) is 4.47. The van der Waals surface area contributed by atoms with Crippen LogP contribution in [0, 0.1) is 17.7 Å². The average molecular weight is 323 g/mol. The lowest BCUT2D eigenvalue weighted by Crippen LogP contribution is -2.07. The highest BCUT2D eigenvalue weighted by Crippen LogP contribution is 2.15. The van der Waals surface area contributed by atoms with Crippen molar-refractivity contribution in [3.8, 4) is 11.8 Å². The van der Waals surface area contributed by atoms with Crippen LogP contribution in [-0.2, 0) is 14.3 Å². The van der Waals surface area contributed by atoms with Crippen LogP contribution in [0.3, 0.4) is 0 Å². The van der Waals surface area contributed by atoms with E-state index < -0.39 is 17.8 Å². The van der Waals surface area contributed by atoms with Crippen molar-refractivity contribution in [2.75, 3.05) is 0 Å². The van der Waals surface area contributed by atoms with Gasteiger partial charge in [0.25, 0.3) is 0 Å². The molecule has 0 aliphatic heterocycles. The zero-order valence-electron chi connectivity index (χ0n) is 12.2. The summed E-state index contributed by atoms with van der Waals surface area (Å²) in [6, 6.07) is 4.03. The molecule has 0 aliphatic rings. The monoisotopic (exact) mass is 322 g/mol. The van der Waals surface area contributed by atoms with Crippen LogP contribution in [0.15, 0.2) is 24.3 Å². The van der Waals surface area contributed by atoms with Crippen molar-refractivity contribution >= 4 is 29.6 Å². The number of esters is 2. The van der Waals surface area contributed by atoms with Crippen molar-refractivity contribution in [3.63, 3.8) is 0 Å². The SMILES string of the molecule is CCCCCC#CC(=O)OC(=O)/C=C/c1ccc(Cl)cc1F. The molecular weight excluding hydrogens is 307 g/mol. The Morgan fingerprint density at radius 1 is 1.36 bits per heavy atom. The van der Waals surface area contributed by atoms with E-state index in [1.54, 1.807) is 0 Å². The Kier molecular flexibility index (Phi) is 7.95. The summed E-state index contributed by atoms with van der Waals surface area (Å²) in [5.74, 6) is 2.49. The first kappa shape index (κ1) is 17.9. The van der Waals surface area contributed by atoms with Crippen LogP contribution in [0.1, 0.15) is 38.2 Å². The van der Waals surface area contributed by atoms with Crippen molar-refractivity contribution in [2.24, 2.45) is 0 Å². The third-order valence-corrected chi connectivity index (χ3v) is 2.89. The molecule has 0 fully saturated rings. The number of carbonyl (C=O) groups excluding carboxylic acids is 2. The van der Waals surface area contributed by atoms with Gasteiger partial charge >= 0.3 is 11.9 Å². The number of unbranched alkanes of at least 4 members (excludes halogenated alkanes) is 3. The number of carbonyl (C=O) groups is 2. The minimum atomic E-state index is -0.914. The van der Waals surface area contributed by atoms with Gasteiger partial charge in [-0.25, -0.2) is 14.0 Å². The van der Waals surface area contributed by atoms with E-state index in [0.717, 1.165) is 31.4 Å². The normalized spacial score (nSPS) is 10.1. The standard InChI is InChI=1S/C17H16ClFO3/c1-2-3-4-5-6-7-16(20)22-17(21)11-9-13-8-10-14(18)12-15(13)19/h8-12H,2-5H2,1H3/b11-9+. The van der Waals surface area contributed by atoms with E-state index in [2.05, 4.69) is 23.5 Å². The Labute approximate surface area is 134 Å². The maximum atomic E-state index is 13.5. The van der Waals surface area contributed by atoms with Gasteiger partial charge in [-0.05, 0) is 24.6 Å². The van der Waals surface area contributed by atoms with Gasteiger partial charge in [0.2, 0.25) is 0 Å².